The predicted molar refractivity (Wildman–Crippen MR) is 55.0 cm³/mol. The molecule has 96 valence electrons. The second kappa shape index (κ2) is 4.52. The molecule has 1 aliphatic carbocycles. The van der Waals surface area contributed by atoms with Crippen molar-refractivity contribution in [3.05, 3.63) is 0 Å². The van der Waals surface area contributed by atoms with Gasteiger partial charge in [-0.25, -0.2) is 8.42 Å². The number of nitrogens with zero attached hydrogens (tertiary/aromatic N) is 1. The average Bonchev–Trinajstić information content (AvgIpc) is 2.45. The molecule has 0 saturated heterocycles. The molecule has 0 bridgehead atoms. The molecule has 0 amide bonds. The van der Waals surface area contributed by atoms with Crippen molar-refractivity contribution in [2.24, 2.45) is 0 Å². The number of hydrogen-bond acceptors (Lipinski definition) is 3. The van der Waals surface area contributed by atoms with E-state index in [4.69, 9.17) is 0 Å². The Kier molecular flexibility index (Phi) is 3.89. The van der Waals surface area contributed by atoms with E-state index in [-0.39, 0.29) is 0 Å². The molecule has 1 aliphatic rings. The molecule has 7 heteroatoms. The number of alkyl halides is 3. The summed E-state index contributed by atoms with van der Waals surface area (Å²) >= 11 is 0. The van der Waals surface area contributed by atoms with Gasteiger partial charge in [-0.3, -0.25) is 4.90 Å². The lowest BCUT2D eigenvalue weighted by Gasteiger charge is -2.29. The fraction of sp³-hybridized carbons (Fsp3) is 1.00. The molecule has 1 fully saturated rings. The lowest BCUT2D eigenvalue weighted by atomic mass is 10.2. The molecule has 0 radical (unpaired) electrons. The molecule has 16 heavy (non-hydrogen) atoms. The van der Waals surface area contributed by atoms with Crippen molar-refractivity contribution in [1.82, 2.24) is 4.90 Å². The van der Waals surface area contributed by atoms with Crippen LogP contribution in [0.3, 0.4) is 0 Å². The zero-order valence-corrected chi connectivity index (χ0v) is 10.1. The summed E-state index contributed by atoms with van der Waals surface area (Å²) in [6, 6.07) is -0.503. The van der Waals surface area contributed by atoms with E-state index < -0.39 is 33.9 Å². The Bertz CT molecular complexity index is 339. The van der Waals surface area contributed by atoms with E-state index in [2.05, 4.69) is 0 Å². The smallest absolute Gasteiger partial charge is 0.294 e. The van der Waals surface area contributed by atoms with Gasteiger partial charge in [-0.2, -0.15) is 13.2 Å². The Labute approximate surface area is 93.5 Å². The summed E-state index contributed by atoms with van der Waals surface area (Å²) < 4.78 is 59.4. The van der Waals surface area contributed by atoms with Crippen LogP contribution in [0.5, 0.6) is 0 Å². The van der Waals surface area contributed by atoms with Crippen LogP contribution in [0.15, 0.2) is 0 Å². The summed E-state index contributed by atoms with van der Waals surface area (Å²) in [6.45, 7) is -1.05. The van der Waals surface area contributed by atoms with Gasteiger partial charge in [0.05, 0.1) is 11.8 Å². The van der Waals surface area contributed by atoms with Crippen molar-refractivity contribution in [2.75, 3.05) is 19.8 Å². The molecular formula is C9H16F3NO2S. The van der Waals surface area contributed by atoms with Crippen LogP contribution >= 0.6 is 0 Å². The molecule has 0 unspecified atom stereocenters. The van der Waals surface area contributed by atoms with E-state index in [0.29, 0.717) is 19.3 Å². The molecule has 0 spiro atoms. The van der Waals surface area contributed by atoms with E-state index in [0.717, 1.165) is 11.2 Å². The van der Waals surface area contributed by atoms with Crippen molar-refractivity contribution in [1.29, 1.82) is 0 Å². The van der Waals surface area contributed by atoms with Gasteiger partial charge in [-0.05, 0) is 19.9 Å². The second-order valence-electron chi connectivity index (χ2n) is 4.40. The molecule has 2 atom stereocenters. The van der Waals surface area contributed by atoms with Gasteiger partial charge in [0, 0.05) is 12.3 Å². The van der Waals surface area contributed by atoms with E-state index in [9.17, 15) is 21.6 Å². The first kappa shape index (κ1) is 13.8. The Hall–Kier alpha value is -0.300. The SMILES string of the molecule is CN(CC(F)(F)F)[C@@H]1CCC[C@@H]1S(C)(=O)=O. The highest BCUT2D eigenvalue weighted by Gasteiger charge is 2.40. The van der Waals surface area contributed by atoms with Crippen LogP contribution < -0.4 is 0 Å². The van der Waals surface area contributed by atoms with Crippen LogP contribution in [-0.2, 0) is 9.84 Å². The van der Waals surface area contributed by atoms with Crippen molar-refractivity contribution in [3.63, 3.8) is 0 Å². The lowest BCUT2D eigenvalue weighted by Crippen LogP contribution is -2.45. The third kappa shape index (κ3) is 3.62. The minimum Gasteiger partial charge on any atom is -0.294 e. The zero-order chi connectivity index (χ0) is 12.6. The van der Waals surface area contributed by atoms with Gasteiger partial charge >= 0.3 is 6.18 Å². The summed E-state index contributed by atoms with van der Waals surface area (Å²) in [6.07, 6.45) is -1.53. The Balaban J connectivity index is 2.72. The van der Waals surface area contributed by atoms with Crippen molar-refractivity contribution < 1.29 is 21.6 Å². The van der Waals surface area contributed by atoms with E-state index >= 15 is 0 Å². The maximum absolute atomic E-state index is 12.2. The molecule has 0 heterocycles. The predicted octanol–water partition coefficient (Wildman–Crippen LogP) is 1.45. The van der Waals surface area contributed by atoms with Crippen LogP contribution in [0.25, 0.3) is 0 Å². The number of hydrogen-bond donors (Lipinski definition) is 0. The first-order valence-corrected chi connectivity index (χ1v) is 7.02. The molecule has 0 aromatic carbocycles. The molecule has 0 N–H and O–H groups in total. The summed E-state index contributed by atoms with van der Waals surface area (Å²) in [5.41, 5.74) is 0. The van der Waals surface area contributed by atoms with E-state index in [1.165, 1.54) is 7.05 Å². The topological polar surface area (TPSA) is 37.4 Å². The maximum atomic E-state index is 12.2. The summed E-state index contributed by atoms with van der Waals surface area (Å²) in [7, 11) is -1.93. The number of halogens is 3. The third-order valence-electron chi connectivity index (χ3n) is 2.96. The molecule has 1 saturated carbocycles. The Morgan fingerprint density at radius 1 is 1.31 bits per heavy atom. The van der Waals surface area contributed by atoms with Crippen LogP contribution in [0.2, 0.25) is 0 Å². The average molecular weight is 259 g/mol. The zero-order valence-electron chi connectivity index (χ0n) is 9.29. The Morgan fingerprint density at radius 3 is 2.31 bits per heavy atom. The largest absolute Gasteiger partial charge is 0.401 e. The van der Waals surface area contributed by atoms with Crippen molar-refractivity contribution >= 4 is 9.84 Å². The standard InChI is InChI=1S/C9H16F3NO2S/c1-13(6-9(10,11)12)7-4-3-5-8(7)16(2,14)15/h7-8H,3-6H2,1-2H3/t7-,8+/m1/s1. The van der Waals surface area contributed by atoms with Gasteiger partial charge in [0.1, 0.15) is 0 Å². The minimum absolute atomic E-state index is 0.464. The summed E-state index contributed by atoms with van der Waals surface area (Å²) in [4.78, 5) is 1.11. The molecule has 0 aromatic heterocycles. The molecule has 0 aliphatic heterocycles. The molecule has 3 nitrogen and oxygen atoms in total. The van der Waals surface area contributed by atoms with Crippen LogP contribution in [-0.4, -0.2) is 50.6 Å². The lowest BCUT2D eigenvalue weighted by molar-refractivity contribution is -0.147. The normalized spacial score (nSPS) is 27.6. The first-order chi connectivity index (χ1) is 7.11. The molecule has 0 aromatic rings. The molecule has 1 rings (SSSR count). The van der Waals surface area contributed by atoms with Crippen molar-refractivity contribution in [2.45, 2.75) is 36.7 Å². The number of rotatable bonds is 3. The minimum atomic E-state index is -4.28. The fourth-order valence-electron chi connectivity index (χ4n) is 2.31. The molecular weight excluding hydrogens is 243 g/mol. The maximum Gasteiger partial charge on any atom is 0.401 e. The quantitative estimate of drug-likeness (QED) is 0.769. The van der Waals surface area contributed by atoms with Gasteiger partial charge in [0.25, 0.3) is 0 Å². The highest BCUT2D eigenvalue weighted by atomic mass is 32.2. The van der Waals surface area contributed by atoms with E-state index in [1.54, 1.807) is 0 Å². The number of sulfone groups is 1. The van der Waals surface area contributed by atoms with E-state index in [1.807, 2.05) is 0 Å². The van der Waals surface area contributed by atoms with Crippen LogP contribution in [0, 0.1) is 0 Å². The highest BCUT2D eigenvalue weighted by molar-refractivity contribution is 7.91. The second-order valence-corrected chi connectivity index (χ2v) is 6.66. The van der Waals surface area contributed by atoms with Crippen molar-refractivity contribution in [3.8, 4) is 0 Å². The summed E-state index contributed by atoms with van der Waals surface area (Å²) in [5, 5.41) is -0.653. The fourth-order valence-corrected chi connectivity index (χ4v) is 3.82. The van der Waals surface area contributed by atoms with Gasteiger partial charge < -0.3 is 0 Å². The van der Waals surface area contributed by atoms with Crippen LogP contribution in [0.1, 0.15) is 19.3 Å². The Morgan fingerprint density at radius 2 is 1.88 bits per heavy atom. The van der Waals surface area contributed by atoms with Gasteiger partial charge in [-0.1, -0.05) is 6.42 Å². The van der Waals surface area contributed by atoms with Gasteiger partial charge in [0.15, 0.2) is 9.84 Å². The monoisotopic (exact) mass is 259 g/mol. The third-order valence-corrected chi connectivity index (χ3v) is 4.61. The van der Waals surface area contributed by atoms with Crippen LogP contribution in [0.4, 0.5) is 13.2 Å². The van der Waals surface area contributed by atoms with Gasteiger partial charge in [0.2, 0.25) is 0 Å². The first-order valence-electron chi connectivity index (χ1n) is 5.07. The summed E-state index contributed by atoms with van der Waals surface area (Å²) in [5.74, 6) is 0. The highest BCUT2D eigenvalue weighted by Crippen LogP contribution is 2.30. The van der Waals surface area contributed by atoms with Gasteiger partial charge in [-0.15, -0.1) is 0 Å².